The Morgan fingerprint density at radius 1 is 1.29 bits per heavy atom. The quantitative estimate of drug-likeness (QED) is 0.625. The van der Waals surface area contributed by atoms with E-state index in [0.717, 1.165) is 11.4 Å². The van der Waals surface area contributed by atoms with Gasteiger partial charge in [-0.25, -0.2) is 0 Å². The molecule has 0 fully saturated rings. The third kappa shape index (κ3) is 4.33. The Morgan fingerprint density at radius 3 is 2.64 bits per heavy atom. The molecular weight excluding hydrogens is 392 g/mol. The Morgan fingerprint density at radius 2 is 2.04 bits per heavy atom. The van der Waals surface area contributed by atoms with Gasteiger partial charge in [-0.15, -0.1) is 0 Å². The van der Waals surface area contributed by atoms with Crippen molar-refractivity contribution in [3.8, 4) is 5.75 Å². The topological polar surface area (TPSA) is 69.3 Å². The Labute approximate surface area is 165 Å². The number of aryl methyl sites for hydroxylation is 2. The Kier molecular flexibility index (Phi) is 5.69. The van der Waals surface area contributed by atoms with E-state index in [0.29, 0.717) is 28.6 Å². The van der Waals surface area contributed by atoms with E-state index in [2.05, 4.69) is 15.2 Å². The molecule has 3 rings (SSSR count). The molecule has 1 amide bonds. The number of hydrogen-bond donors (Lipinski definition) is 1. The highest BCUT2D eigenvalue weighted by atomic mass is 35.5. The summed E-state index contributed by atoms with van der Waals surface area (Å²) in [6, 6.07) is 7.51. The molecule has 0 saturated heterocycles. The average molecular weight is 410 g/mol. The molecule has 28 heavy (non-hydrogen) atoms. The van der Waals surface area contributed by atoms with Gasteiger partial charge in [0.2, 0.25) is 0 Å². The van der Waals surface area contributed by atoms with Gasteiger partial charge >= 0.3 is 6.61 Å². The molecule has 6 nitrogen and oxygen atoms in total. The molecule has 0 radical (unpaired) electrons. The van der Waals surface area contributed by atoms with Crippen LogP contribution in [0.15, 0.2) is 34.7 Å². The molecule has 0 bridgehead atoms. The van der Waals surface area contributed by atoms with Crippen molar-refractivity contribution in [2.24, 2.45) is 0 Å². The van der Waals surface area contributed by atoms with Crippen molar-refractivity contribution in [3.63, 3.8) is 0 Å². The number of halogens is 3. The van der Waals surface area contributed by atoms with E-state index < -0.39 is 12.5 Å². The second-order valence-corrected chi connectivity index (χ2v) is 6.60. The highest BCUT2D eigenvalue weighted by Crippen LogP contribution is 2.24. The highest BCUT2D eigenvalue weighted by Gasteiger charge is 2.15. The van der Waals surface area contributed by atoms with Crippen LogP contribution in [0.2, 0.25) is 5.02 Å². The Hall–Kier alpha value is -2.87. The summed E-state index contributed by atoms with van der Waals surface area (Å²) in [4.78, 5) is 12.4. The number of nitrogens with one attached hydrogen (secondary N) is 1. The molecule has 0 aliphatic heterocycles. The van der Waals surface area contributed by atoms with Gasteiger partial charge in [-0.1, -0.05) is 11.6 Å². The lowest BCUT2D eigenvalue weighted by Gasteiger charge is -2.10. The summed E-state index contributed by atoms with van der Waals surface area (Å²) in [5.74, 6) is 0.234. The zero-order chi connectivity index (χ0) is 20.4. The summed E-state index contributed by atoms with van der Waals surface area (Å²) in [7, 11) is 0. The van der Waals surface area contributed by atoms with E-state index in [9.17, 15) is 13.6 Å². The molecule has 9 heteroatoms. The van der Waals surface area contributed by atoms with E-state index in [-0.39, 0.29) is 11.5 Å². The van der Waals surface area contributed by atoms with Gasteiger partial charge in [0.25, 0.3) is 5.91 Å². The van der Waals surface area contributed by atoms with Gasteiger partial charge in [0.15, 0.2) is 5.76 Å². The minimum atomic E-state index is -2.90. The minimum absolute atomic E-state index is 0.0225. The predicted molar refractivity (Wildman–Crippen MR) is 100 cm³/mol. The second-order valence-electron chi connectivity index (χ2n) is 6.22. The second kappa shape index (κ2) is 8.02. The van der Waals surface area contributed by atoms with E-state index in [1.54, 1.807) is 23.7 Å². The first-order valence-electron chi connectivity index (χ1n) is 8.39. The van der Waals surface area contributed by atoms with Crippen LogP contribution in [0, 0.1) is 20.8 Å². The lowest BCUT2D eigenvalue weighted by atomic mass is 10.2. The smallest absolute Gasteiger partial charge is 0.387 e. The molecule has 0 saturated carbocycles. The van der Waals surface area contributed by atoms with Crippen LogP contribution in [0.1, 0.15) is 33.3 Å². The molecule has 0 aliphatic rings. The first kappa shape index (κ1) is 19.9. The molecule has 2 heterocycles. The molecule has 0 spiro atoms. The molecule has 1 N–H and O–H groups in total. The number of alkyl halides is 2. The van der Waals surface area contributed by atoms with Crippen molar-refractivity contribution >= 4 is 23.2 Å². The first-order valence-corrected chi connectivity index (χ1v) is 8.77. The first-order chi connectivity index (χ1) is 13.2. The highest BCUT2D eigenvalue weighted by molar-refractivity contribution is 6.31. The van der Waals surface area contributed by atoms with Gasteiger partial charge in [0, 0.05) is 5.69 Å². The number of carbonyl (C=O) groups is 1. The molecule has 0 aliphatic carbocycles. The number of furan rings is 1. The van der Waals surface area contributed by atoms with Gasteiger partial charge in [0.1, 0.15) is 11.5 Å². The normalized spacial score (nSPS) is 11.1. The van der Waals surface area contributed by atoms with E-state index in [4.69, 9.17) is 16.0 Å². The maximum atomic E-state index is 12.4. The molecule has 148 valence electrons. The fourth-order valence-electron chi connectivity index (χ4n) is 2.70. The summed E-state index contributed by atoms with van der Waals surface area (Å²) in [5.41, 5.74) is 2.58. The van der Waals surface area contributed by atoms with E-state index in [1.807, 2.05) is 13.8 Å². The zero-order valence-electron chi connectivity index (χ0n) is 15.4. The van der Waals surface area contributed by atoms with Gasteiger partial charge < -0.3 is 14.5 Å². The summed E-state index contributed by atoms with van der Waals surface area (Å²) < 4.78 is 36.2. The number of ether oxygens (including phenoxy) is 1. The summed E-state index contributed by atoms with van der Waals surface area (Å²) in [5, 5.41) is 7.61. The van der Waals surface area contributed by atoms with E-state index >= 15 is 0 Å². The van der Waals surface area contributed by atoms with Crippen LogP contribution in [0.3, 0.4) is 0 Å². The van der Waals surface area contributed by atoms with Crippen LogP contribution in [0.5, 0.6) is 5.75 Å². The Bertz CT molecular complexity index is 1010. The predicted octanol–water partition coefficient (Wildman–Crippen LogP) is 4.96. The van der Waals surface area contributed by atoms with Gasteiger partial charge in [-0.3, -0.25) is 9.48 Å². The fourth-order valence-corrected chi connectivity index (χ4v) is 2.83. The van der Waals surface area contributed by atoms with Gasteiger partial charge in [0.05, 0.1) is 23.0 Å². The van der Waals surface area contributed by atoms with Crippen LogP contribution in [-0.2, 0) is 6.54 Å². The van der Waals surface area contributed by atoms with Crippen molar-refractivity contribution in [1.29, 1.82) is 0 Å². The number of nitrogens with zero attached hydrogens (tertiary/aromatic N) is 2. The number of aromatic nitrogens is 2. The maximum Gasteiger partial charge on any atom is 0.387 e. The molecule has 3 aromatic rings. The minimum Gasteiger partial charge on any atom is -0.454 e. The summed E-state index contributed by atoms with van der Waals surface area (Å²) in [6.45, 7) is 2.77. The number of benzene rings is 1. The van der Waals surface area contributed by atoms with Crippen molar-refractivity contribution < 1.29 is 22.7 Å². The van der Waals surface area contributed by atoms with Crippen LogP contribution in [-0.4, -0.2) is 22.3 Å². The molecule has 1 aromatic carbocycles. The summed E-state index contributed by atoms with van der Waals surface area (Å²) in [6.07, 6.45) is 0. The van der Waals surface area contributed by atoms with Crippen LogP contribution in [0.4, 0.5) is 14.5 Å². The van der Waals surface area contributed by atoms with Crippen molar-refractivity contribution in [3.05, 3.63) is 63.8 Å². The zero-order valence-corrected chi connectivity index (χ0v) is 16.2. The standard InChI is InChI=1S/C19H18ClF2N3O3/c1-10-8-13(28-19(21)22)4-6-15(10)23-18(26)16-7-5-14(27-16)9-25-12(3)17(20)11(2)24-25/h4-8,19H,9H2,1-3H3,(H,23,26). The average Bonchev–Trinajstić information content (AvgIpc) is 3.18. The van der Waals surface area contributed by atoms with Crippen LogP contribution < -0.4 is 10.1 Å². The van der Waals surface area contributed by atoms with Crippen molar-refractivity contribution in [2.75, 3.05) is 5.32 Å². The van der Waals surface area contributed by atoms with Crippen molar-refractivity contribution in [1.82, 2.24) is 9.78 Å². The molecule has 0 unspecified atom stereocenters. The monoisotopic (exact) mass is 409 g/mol. The number of anilines is 1. The largest absolute Gasteiger partial charge is 0.454 e. The van der Waals surface area contributed by atoms with Gasteiger partial charge in [-0.05, 0) is 56.7 Å². The third-order valence-electron chi connectivity index (χ3n) is 4.16. The SMILES string of the molecule is Cc1cc(OC(F)F)ccc1NC(=O)c1ccc(Cn2nc(C)c(Cl)c2C)o1. The van der Waals surface area contributed by atoms with E-state index in [1.165, 1.54) is 18.2 Å². The van der Waals surface area contributed by atoms with Crippen LogP contribution >= 0.6 is 11.6 Å². The lowest BCUT2D eigenvalue weighted by Crippen LogP contribution is -2.12. The number of carbonyl (C=O) groups excluding carboxylic acids is 1. The molecular formula is C19H18ClF2N3O3. The van der Waals surface area contributed by atoms with Gasteiger partial charge in [-0.2, -0.15) is 13.9 Å². The van der Waals surface area contributed by atoms with Crippen LogP contribution in [0.25, 0.3) is 0 Å². The maximum absolute atomic E-state index is 12.4. The fraction of sp³-hybridized carbons (Fsp3) is 0.263. The molecule has 0 atom stereocenters. The lowest BCUT2D eigenvalue weighted by molar-refractivity contribution is -0.0498. The van der Waals surface area contributed by atoms with Crippen molar-refractivity contribution in [2.45, 2.75) is 33.9 Å². The third-order valence-corrected chi connectivity index (χ3v) is 4.70. The summed E-state index contributed by atoms with van der Waals surface area (Å²) >= 11 is 6.14. The molecule has 2 aromatic heterocycles. The number of hydrogen-bond acceptors (Lipinski definition) is 4. The number of amides is 1. The Balaban J connectivity index is 1.69. The number of rotatable bonds is 6.